The van der Waals surface area contributed by atoms with E-state index < -0.39 is 47.9 Å². The normalized spacial score (nSPS) is 13.3. The molecule has 0 aliphatic heterocycles. The van der Waals surface area contributed by atoms with Gasteiger partial charge in [0.15, 0.2) is 12.2 Å². The first kappa shape index (κ1) is 35.9. The van der Waals surface area contributed by atoms with Crippen LogP contribution >= 0.6 is 22.7 Å². The largest absolute Gasteiger partial charge is 0.459 e. The standard InChI is InChI=1S/C36H34O10S2/c1-21(27-15-17-29(47-27)31(37)25-11-7-5-8-12-25)33(39)45-23(3)35(41)43-19-20-44-36(42)24(4)46-34(40)22(2)28-16-18-30(48-28)32(38)26-13-9-6-10-14-26/h5-18,21-24H,19-20H2,1-4H3/t21-,22+,23-,24-/m0/s1. The maximum Gasteiger partial charge on any atom is 0.347 e. The topological polar surface area (TPSA) is 139 Å². The zero-order valence-corrected chi connectivity index (χ0v) is 28.3. The summed E-state index contributed by atoms with van der Waals surface area (Å²) in [5.41, 5.74) is 1.07. The summed E-state index contributed by atoms with van der Waals surface area (Å²) in [6.07, 6.45) is -2.47. The van der Waals surface area contributed by atoms with Gasteiger partial charge in [-0.15, -0.1) is 22.7 Å². The van der Waals surface area contributed by atoms with Crippen molar-refractivity contribution in [2.24, 2.45) is 0 Å². The number of thiophene rings is 2. The summed E-state index contributed by atoms with van der Waals surface area (Å²) in [5.74, 6) is -4.78. The third-order valence-corrected chi connectivity index (χ3v) is 9.69. The van der Waals surface area contributed by atoms with Gasteiger partial charge < -0.3 is 18.9 Å². The lowest BCUT2D eigenvalue weighted by Gasteiger charge is -2.17. The van der Waals surface area contributed by atoms with E-state index in [9.17, 15) is 28.8 Å². The summed E-state index contributed by atoms with van der Waals surface area (Å²) < 4.78 is 20.7. The van der Waals surface area contributed by atoms with Gasteiger partial charge in [0.25, 0.3) is 0 Å². The first-order valence-corrected chi connectivity index (χ1v) is 16.7. The molecule has 0 spiro atoms. The van der Waals surface area contributed by atoms with Crippen molar-refractivity contribution in [3.63, 3.8) is 0 Å². The molecule has 0 amide bonds. The second-order valence-electron chi connectivity index (χ2n) is 10.7. The third-order valence-electron chi connectivity index (χ3n) is 7.16. The van der Waals surface area contributed by atoms with E-state index in [0.717, 1.165) is 0 Å². The number of ether oxygens (including phenoxy) is 4. The van der Waals surface area contributed by atoms with Crippen LogP contribution in [0.4, 0.5) is 0 Å². The molecule has 4 aromatic rings. The number of benzene rings is 2. The Hall–Kier alpha value is -4.94. The van der Waals surface area contributed by atoms with Crippen LogP contribution in [-0.4, -0.2) is 60.9 Å². The number of rotatable bonds is 15. The summed E-state index contributed by atoms with van der Waals surface area (Å²) >= 11 is 2.35. The third kappa shape index (κ3) is 9.33. The Morgan fingerprint density at radius 1 is 0.500 bits per heavy atom. The fraction of sp³-hybridized carbons (Fsp3) is 0.278. The Labute approximate surface area is 285 Å². The quantitative estimate of drug-likeness (QED) is 0.0620. The van der Waals surface area contributed by atoms with Crippen LogP contribution in [0, 0.1) is 0 Å². The fourth-order valence-electron chi connectivity index (χ4n) is 4.28. The van der Waals surface area contributed by atoms with Crippen molar-refractivity contribution in [1.82, 2.24) is 0 Å². The highest BCUT2D eigenvalue weighted by Crippen LogP contribution is 2.29. The van der Waals surface area contributed by atoms with Crippen LogP contribution in [0.3, 0.4) is 0 Å². The lowest BCUT2D eigenvalue weighted by atomic mass is 10.1. The molecule has 250 valence electrons. The van der Waals surface area contributed by atoms with E-state index >= 15 is 0 Å². The maximum absolute atomic E-state index is 12.7. The van der Waals surface area contributed by atoms with Crippen LogP contribution in [0.1, 0.15) is 79.8 Å². The average molecular weight is 691 g/mol. The minimum atomic E-state index is -1.23. The molecule has 48 heavy (non-hydrogen) atoms. The molecule has 0 aliphatic carbocycles. The van der Waals surface area contributed by atoms with Gasteiger partial charge in [-0.05, 0) is 52.0 Å². The molecule has 0 saturated heterocycles. The molecule has 2 aromatic carbocycles. The lowest BCUT2D eigenvalue weighted by molar-refractivity contribution is -0.172. The van der Waals surface area contributed by atoms with Crippen molar-refractivity contribution < 1.29 is 47.7 Å². The number of ketones is 2. The molecule has 4 atom stereocenters. The van der Waals surface area contributed by atoms with Gasteiger partial charge in [0, 0.05) is 20.9 Å². The monoisotopic (exact) mass is 690 g/mol. The average Bonchev–Trinajstić information content (AvgIpc) is 3.80. The number of hydrogen-bond donors (Lipinski definition) is 0. The smallest absolute Gasteiger partial charge is 0.347 e. The summed E-state index contributed by atoms with van der Waals surface area (Å²) in [6, 6.07) is 24.2. The number of esters is 4. The first-order chi connectivity index (χ1) is 23.0. The molecule has 0 fully saturated rings. The zero-order chi connectivity index (χ0) is 34.8. The van der Waals surface area contributed by atoms with E-state index in [0.29, 0.717) is 30.6 Å². The Bertz CT molecular complexity index is 1630. The van der Waals surface area contributed by atoms with Crippen molar-refractivity contribution >= 4 is 58.1 Å². The number of carbonyl (C=O) groups excluding carboxylic acids is 6. The second kappa shape index (κ2) is 16.8. The van der Waals surface area contributed by atoms with Crippen LogP contribution in [0.2, 0.25) is 0 Å². The number of carbonyl (C=O) groups is 6. The first-order valence-electron chi connectivity index (χ1n) is 15.1. The predicted molar refractivity (Wildman–Crippen MR) is 178 cm³/mol. The van der Waals surface area contributed by atoms with E-state index in [1.807, 2.05) is 12.1 Å². The highest BCUT2D eigenvalue weighted by atomic mass is 32.1. The fourth-order valence-corrected chi connectivity index (χ4v) is 6.30. The molecule has 0 N–H and O–H groups in total. The minimum absolute atomic E-state index is 0.155. The minimum Gasteiger partial charge on any atom is -0.459 e. The van der Waals surface area contributed by atoms with Crippen LogP contribution in [0.5, 0.6) is 0 Å². The van der Waals surface area contributed by atoms with Crippen molar-refractivity contribution in [2.75, 3.05) is 13.2 Å². The Morgan fingerprint density at radius 2 is 0.854 bits per heavy atom. The second-order valence-corrected chi connectivity index (χ2v) is 13.0. The molecule has 4 rings (SSSR count). The van der Waals surface area contributed by atoms with E-state index in [1.165, 1.54) is 36.5 Å². The summed E-state index contributed by atoms with van der Waals surface area (Å²) in [4.78, 5) is 77.6. The van der Waals surface area contributed by atoms with E-state index in [2.05, 4.69) is 0 Å². The summed E-state index contributed by atoms with van der Waals surface area (Å²) in [7, 11) is 0. The van der Waals surface area contributed by atoms with Gasteiger partial charge in [0.05, 0.1) is 21.6 Å². The molecule has 0 saturated carbocycles. The lowest BCUT2D eigenvalue weighted by Crippen LogP contribution is -2.31. The van der Waals surface area contributed by atoms with Crippen LogP contribution in [-0.2, 0) is 38.1 Å². The van der Waals surface area contributed by atoms with E-state index in [-0.39, 0.29) is 24.8 Å². The van der Waals surface area contributed by atoms with Gasteiger partial charge in [0.1, 0.15) is 13.2 Å². The van der Waals surface area contributed by atoms with Crippen molar-refractivity contribution in [1.29, 1.82) is 0 Å². The Morgan fingerprint density at radius 3 is 1.21 bits per heavy atom. The van der Waals surface area contributed by atoms with Gasteiger partial charge >= 0.3 is 23.9 Å². The Kier molecular flexibility index (Phi) is 12.5. The molecule has 0 aliphatic rings. The highest BCUT2D eigenvalue weighted by molar-refractivity contribution is 7.14. The molecule has 10 nitrogen and oxygen atoms in total. The molecule has 2 aromatic heterocycles. The molecular formula is C36H34O10S2. The van der Waals surface area contributed by atoms with Crippen LogP contribution in [0.15, 0.2) is 84.9 Å². The van der Waals surface area contributed by atoms with Crippen molar-refractivity contribution in [3.05, 3.63) is 116 Å². The molecule has 12 heteroatoms. The molecular weight excluding hydrogens is 657 g/mol. The predicted octanol–water partition coefficient (Wildman–Crippen LogP) is 6.13. The SMILES string of the molecule is C[C@H](OC(=O)[C@@H](C)c1ccc(C(=O)c2ccccc2)s1)C(=O)OCCOC(=O)[C@H](C)OC(=O)[C@H](C)c1ccc(C(=O)c2ccccc2)s1. The van der Waals surface area contributed by atoms with Gasteiger partial charge in [-0.2, -0.15) is 0 Å². The summed E-state index contributed by atoms with van der Waals surface area (Å²) in [6.45, 7) is 5.30. The van der Waals surface area contributed by atoms with Gasteiger partial charge in [-0.3, -0.25) is 19.2 Å². The van der Waals surface area contributed by atoms with Crippen molar-refractivity contribution in [2.45, 2.75) is 51.7 Å². The summed E-state index contributed by atoms with van der Waals surface area (Å²) in [5, 5.41) is 0. The van der Waals surface area contributed by atoms with Crippen LogP contribution < -0.4 is 0 Å². The number of hydrogen-bond acceptors (Lipinski definition) is 12. The van der Waals surface area contributed by atoms with Gasteiger partial charge in [-0.1, -0.05) is 60.7 Å². The van der Waals surface area contributed by atoms with Gasteiger partial charge in [-0.25, -0.2) is 9.59 Å². The van der Waals surface area contributed by atoms with Crippen molar-refractivity contribution in [3.8, 4) is 0 Å². The maximum atomic E-state index is 12.7. The highest BCUT2D eigenvalue weighted by Gasteiger charge is 2.28. The van der Waals surface area contributed by atoms with Gasteiger partial charge in [0.2, 0.25) is 11.6 Å². The molecule has 0 bridgehead atoms. The van der Waals surface area contributed by atoms with E-state index in [4.69, 9.17) is 18.9 Å². The molecule has 2 heterocycles. The molecule has 0 unspecified atom stereocenters. The zero-order valence-electron chi connectivity index (χ0n) is 26.7. The van der Waals surface area contributed by atoms with Crippen LogP contribution in [0.25, 0.3) is 0 Å². The Balaban J connectivity index is 1.16. The van der Waals surface area contributed by atoms with E-state index in [1.54, 1.807) is 86.6 Å². The molecule has 0 radical (unpaired) electrons.